The van der Waals surface area contributed by atoms with Crippen molar-refractivity contribution in [2.75, 3.05) is 0 Å². The zero-order valence-corrected chi connectivity index (χ0v) is 26.8. The maximum absolute atomic E-state index is 6.96. The average molecular weight is 624 g/mol. The zero-order chi connectivity index (χ0) is 31.7. The second kappa shape index (κ2) is 10.5. The molecule has 6 aromatic carbocycles. The number of hydrogen-bond donors (Lipinski definition) is 0. The maximum atomic E-state index is 6.96. The molecule has 1 aliphatic carbocycles. The Kier molecular flexibility index (Phi) is 6.21. The summed E-state index contributed by atoms with van der Waals surface area (Å²) in [6.45, 7) is 4.66. The van der Waals surface area contributed by atoms with Gasteiger partial charge in [0.05, 0.1) is 22.4 Å². The van der Waals surface area contributed by atoms with Crippen LogP contribution in [-0.2, 0) is 5.41 Å². The fourth-order valence-electron chi connectivity index (χ4n) is 7.36. The summed E-state index contributed by atoms with van der Waals surface area (Å²) in [5.74, 6) is 0.632. The Labute approximate surface area is 278 Å². The first kappa shape index (κ1) is 27.8. The van der Waals surface area contributed by atoms with Gasteiger partial charge in [-0.05, 0) is 64.7 Å². The van der Waals surface area contributed by atoms with Crippen molar-refractivity contribution in [2.45, 2.75) is 19.3 Å². The molecule has 0 spiro atoms. The minimum Gasteiger partial charge on any atom is -0.309 e. The number of para-hydroxylation sites is 1. The lowest BCUT2D eigenvalue weighted by molar-refractivity contribution is 0.661. The monoisotopic (exact) mass is 623 g/mol. The van der Waals surface area contributed by atoms with E-state index in [4.69, 9.17) is 21.6 Å². The molecule has 0 bridgehead atoms. The van der Waals surface area contributed by atoms with Gasteiger partial charge in [0, 0.05) is 43.6 Å². The van der Waals surface area contributed by atoms with Crippen molar-refractivity contribution in [3.63, 3.8) is 0 Å². The third kappa shape index (κ3) is 4.42. The highest BCUT2D eigenvalue weighted by Gasteiger charge is 2.36. The molecule has 8 aromatic rings. The molecule has 0 aliphatic heterocycles. The van der Waals surface area contributed by atoms with E-state index in [1.54, 1.807) is 0 Å². The highest BCUT2D eigenvalue weighted by Crippen LogP contribution is 2.51. The molecule has 47 heavy (non-hydrogen) atoms. The first-order valence-corrected chi connectivity index (χ1v) is 16.3. The van der Waals surface area contributed by atoms with E-state index >= 15 is 0 Å². The van der Waals surface area contributed by atoms with Gasteiger partial charge in [0.15, 0.2) is 5.82 Å². The predicted molar refractivity (Wildman–Crippen MR) is 195 cm³/mol. The molecule has 0 unspecified atom stereocenters. The molecule has 224 valence electrons. The molecule has 0 atom stereocenters. The van der Waals surface area contributed by atoms with Crippen molar-refractivity contribution in [3.05, 3.63) is 162 Å². The molecule has 3 nitrogen and oxygen atoms in total. The van der Waals surface area contributed by atoms with Crippen molar-refractivity contribution >= 4 is 33.4 Å². The molecule has 0 amide bonds. The molecular weight excluding hydrogens is 594 g/mol. The summed E-state index contributed by atoms with van der Waals surface area (Å²) in [6.07, 6.45) is 0. The van der Waals surface area contributed by atoms with E-state index in [0.717, 1.165) is 44.8 Å². The molecular formula is C43H30ClN3. The van der Waals surface area contributed by atoms with Gasteiger partial charge < -0.3 is 4.57 Å². The largest absolute Gasteiger partial charge is 0.309 e. The number of fused-ring (bicyclic) bond motifs is 6. The van der Waals surface area contributed by atoms with E-state index < -0.39 is 0 Å². The Hall–Kier alpha value is -5.51. The van der Waals surface area contributed by atoms with Gasteiger partial charge in [-0.15, -0.1) is 0 Å². The summed E-state index contributed by atoms with van der Waals surface area (Å²) in [5, 5.41) is 3.07. The second-order valence-corrected chi connectivity index (χ2v) is 13.3. The summed E-state index contributed by atoms with van der Waals surface area (Å²) in [7, 11) is 0. The van der Waals surface area contributed by atoms with Gasteiger partial charge in [-0.1, -0.05) is 129 Å². The molecule has 0 saturated heterocycles. The van der Waals surface area contributed by atoms with Crippen molar-refractivity contribution in [1.29, 1.82) is 0 Å². The van der Waals surface area contributed by atoms with Gasteiger partial charge in [-0.3, -0.25) is 0 Å². The van der Waals surface area contributed by atoms with Crippen LogP contribution in [0.3, 0.4) is 0 Å². The fourth-order valence-corrected chi connectivity index (χ4v) is 7.59. The Morgan fingerprint density at radius 3 is 1.87 bits per heavy atom. The molecule has 0 radical (unpaired) electrons. The highest BCUT2D eigenvalue weighted by molar-refractivity contribution is 6.31. The van der Waals surface area contributed by atoms with Crippen LogP contribution < -0.4 is 0 Å². The Morgan fingerprint density at radius 1 is 0.511 bits per heavy atom. The number of rotatable bonds is 4. The zero-order valence-electron chi connectivity index (χ0n) is 26.1. The van der Waals surface area contributed by atoms with Crippen LogP contribution in [0.15, 0.2) is 146 Å². The normalized spacial score (nSPS) is 13.2. The molecule has 1 aliphatic rings. The standard InChI is InChI=1S/C43H30ClN3/c1-43(2)36-19-11-9-17-32(36)34-24-35-33-18-10-12-20-40(33)47(41(35)25-37(34)43)31-22-29(21-30(44)23-31)42-45-38(27-13-5-3-6-14-27)26-39(46-42)28-15-7-4-8-16-28/h3-26H,1-2H3. The van der Waals surface area contributed by atoms with Crippen molar-refractivity contribution in [1.82, 2.24) is 14.5 Å². The molecule has 2 heterocycles. The minimum atomic E-state index is -0.111. The van der Waals surface area contributed by atoms with E-state index in [2.05, 4.69) is 115 Å². The molecule has 2 aromatic heterocycles. The van der Waals surface area contributed by atoms with Gasteiger partial charge in [0.1, 0.15) is 0 Å². The number of nitrogens with zero attached hydrogens (tertiary/aromatic N) is 3. The van der Waals surface area contributed by atoms with Crippen molar-refractivity contribution in [2.24, 2.45) is 0 Å². The Bertz CT molecular complexity index is 2440. The van der Waals surface area contributed by atoms with E-state index in [1.807, 2.05) is 48.5 Å². The first-order chi connectivity index (χ1) is 23.0. The smallest absolute Gasteiger partial charge is 0.160 e. The van der Waals surface area contributed by atoms with Gasteiger partial charge in [0.25, 0.3) is 0 Å². The van der Waals surface area contributed by atoms with Crippen LogP contribution in [0.25, 0.3) is 72.5 Å². The quantitative estimate of drug-likeness (QED) is 0.195. The van der Waals surface area contributed by atoms with Gasteiger partial charge in [-0.25, -0.2) is 9.97 Å². The molecule has 4 heteroatoms. The van der Waals surface area contributed by atoms with E-state index in [-0.39, 0.29) is 5.41 Å². The van der Waals surface area contributed by atoms with E-state index in [0.29, 0.717) is 10.8 Å². The summed E-state index contributed by atoms with van der Waals surface area (Å²) >= 11 is 6.96. The summed E-state index contributed by atoms with van der Waals surface area (Å²) in [5.41, 5.74) is 13.2. The van der Waals surface area contributed by atoms with Gasteiger partial charge in [0.2, 0.25) is 0 Å². The van der Waals surface area contributed by atoms with E-state index in [9.17, 15) is 0 Å². The highest BCUT2D eigenvalue weighted by atomic mass is 35.5. The van der Waals surface area contributed by atoms with Crippen LogP contribution in [0.2, 0.25) is 5.02 Å². The van der Waals surface area contributed by atoms with Crippen molar-refractivity contribution < 1.29 is 0 Å². The average Bonchev–Trinajstić information content (AvgIpc) is 3.56. The minimum absolute atomic E-state index is 0.111. The Balaban J connectivity index is 1.28. The lowest BCUT2D eigenvalue weighted by atomic mass is 9.82. The van der Waals surface area contributed by atoms with E-state index in [1.165, 1.54) is 33.0 Å². The summed E-state index contributed by atoms with van der Waals surface area (Å²) < 4.78 is 2.35. The van der Waals surface area contributed by atoms with Crippen LogP contribution in [0, 0.1) is 0 Å². The molecule has 9 rings (SSSR count). The van der Waals surface area contributed by atoms with Crippen molar-refractivity contribution in [3.8, 4) is 50.7 Å². The van der Waals surface area contributed by atoms with Gasteiger partial charge >= 0.3 is 0 Å². The summed E-state index contributed by atoms with van der Waals surface area (Å²) in [6, 6.07) is 51.0. The molecule has 0 N–H and O–H groups in total. The lowest BCUT2D eigenvalue weighted by Crippen LogP contribution is -2.14. The number of benzene rings is 6. The predicted octanol–water partition coefficient (Wildman–Crippen LogP) is 11.5. The SMILES string of the molecule is CC1(C)c2ccccc2-c2cc3c4ccccc4n(-c4cc(Cl)cc(-c5nc(-c6ccccc6)cc(-c6ccccc6)n5)c4)c3cc21. The lowest BCUT2D eigenvalue weighted by Gasteiger charge is -2.21. The van der Waals surface area contributed by atoms with Crippen LogP contribution in [-0.4, -0.2) is 14.5 Å². The third-order valence-electron chi connectivity index (χ3n) is 9.64. The topological polar surface area (TPSA) is 30.7 Å². The number of halogens is 1. The van der Waals surface area contributed by atoms with Crippen LogP contribution >= 0.6 is 11.6 Å². The molecule has 0 fully saturated rings. The van der Waals surface area contributed by atoms with Crippen LogP contribution in [0.5, 0.6) is 0 Å². The van der Waals surface area contributed by atoms with Crippen LogP contribution in [0.1, 0.15) is 25.0 Å². The third-order valence-corrected chi connectivity index (χ3v) is 9.86. The van der Waals surface area contributed by atoms with Gasteiger partial charge in [-0.2, -0.15) is 0 Å². The maximum Gasteiger partial charge on any atom is 0.160 e. The number of hydrogen-bond acceptors (Lipinski definition) is 2. The Morgan fingerprint density at radius 2 is 1.15 bits per heavy atom. The number of aromatic nitrogens is 3. The fraction of sp³-hybridized carbons (Fsp3) is 0.0698. The summed E-state index contributed by atoms with van der Waals surface area (Å²) in [4.78, 5) is 10.2. The second-order valence-electron chi connectivity index (χ2n) is 12.8. The van der Waals surface area contributed by atoms with Crippen LogP contribution in [0.4, 0.5) is 0 Å². The molecule has 0 saturated carbocycles. The first-order valence-electron chi connectivity index (χ1n) is 15.9.